The largest absolute Gasteiger partial charge is 0.447 e. The zero-order valence-corrected chi connectivity index (χ0v) is 12.1. The maximum atomic E-state index is 12.9. The summed E-state index contributed by atoms with van der Waals surface area (Å²) in [5.41, 5.74) is 0.662. The molecule has 1 saturated heterocycles. The van der Waals surface area contributed by atoms with Gasteiger partial charge >= 0.3 is 12.3 Å². The first-order valence-electron chi connectivity index (χ1n) is 7.28. The van der Waals surface area contributed by atoms with Crippen molar-refractivity contribution in [2.75, 3.05) is 18.1 Å². The molecular weight excluding hydrogens is 313 g/mol. The van der Waals surface area contributed by atoms with Gasteiger partial charge in [0, 0.05) is 11.3 Å². The summed E-state index contributed by atoms with van der Waals surface area (Å²) in [5, 5.41) is 2.06. The minimum atomic E-state index is -4.45. The van der Waals surface area contributed by atoms with Gasteiger partial charge in [0.15, 0.2) is 0 Å². The number of halogens is 3. The monoisotopic (exact) mass is 328 g/mol. The highest BCUT2D eigenvalue weighted by atomic mass is 19.4. The van der Waals surface area contributed by atoms with Crippen molar-refractivity contribution in [3.63, 3.8) is 0 Å². The lowest BCUT2D eigenvalue weighted by atomic mass is 10.1. The molecule has 0 aromatic heterocycles. The number of carbonyl (C=O) groups excluding carboxylic acids is 2. The zero-order valence-electron chi connectivity index (χ0n) is 12.1. The Bertz CT molecular complexity index is 611. The summed E-state index contributed by atoms with van der Waals surface area (Å²) < 4.78 is 43.6. The molecule has 0 bridgehead atoms. The molecule has 1 saturated carbocycles. The van der Waals surface area contributed by atoms with Gasteiger partial charge in [0.05, 0.1) is 6.54 Å². The summed E-state index contributed by atoms with van der Waals surface area (Å²) in [7, 11) is 0. The van der Waals surface area contributed by atoms with Crippen LogP contribution in [-0.4, -0.2) is 37.4 Å². The smallest absolute Gasteiger partial charge is 0.414 e. The Morgan fingerprint density at radius 2 is 1.91 bits per heavy atom. The van der Waals surface area contributed by atoms with Gasteiger partial charge in [0.1, 0.15) is 12.6 Å². The third-order valence-corrected chi connectivity index (χ3v) is 3.93. The van der Waals surface area contributed by atoms with Crippen molar-refractivity contribution < 1.29 is 27.5 Å². The maximum absolute atomic E-state index is 12.9. The number of rotatable bonds is 4. The van der Waals surface area contributed by atoms with Crippen LogP contribution >= 0.6 is 0 Å². The number of hydrogen-bond acceptors (Lipinski definition) is 3. The van der Waals surface area contributed by atoms with Crippen LogP contribution in [0.4, 0.5) is 23.7 Å². The van der Waals surface area contributed by atoms with Crippen molar-refractivity contribution in [2.24, 2.45) is 5.92 Å². The van der Waals surface area contributed by atoms with Crippen LogP contribution in [0.5, 0.6) is 0 Å². The second-order valence-electron chi connectivity index (χ2n) is 5.64. The van der Waals surface area contributed by atoms with E-state index in [0.717, 1.165) is 0 Å². The van der Waals surface area contributed by atoms with Crippen molar-refractivity contribution in [3.05, 3.63) is 29.8 Å². The van der Waals surface area contributed by atoms with Crippen LogP contribution in [-0.2, 0) is 4.74 Å². The van der Waals surface area contributed by atoms with Crippen molar-refractivity contribution >= 4 is 17.7 Å². The summed E-state index contributed by atoms with van der Waals surface area (Å²) in [6.07, 6.45) is -3.98. The topological polar surface area (TPSA) is 58.6 Å². The van der Waals surface area contributed by atoms with Gasteiger partial charge in [0.25, 0.3) is 5.91 Å². The number of nitrogens with zero attached hydrogens (tertiary/aromatic N) is 1. The van der Waals surface area contributed by atoms with E-state index >= 15 is 0 Å². The number of cyclic esters (lactones) is 1. The lowest BCUT2D eigenvalue weighted by molar-refractivity contribution is -0.158. The Kier molecular flexibility index (Phi) is 3.91. The fraction of sp³-hybridized carbons (Fsp3) is 0.467. The molecule has 3 rings (SSSR count). The Balaban J connectivity index is 1.69. The SMILES string of the molecule is O=C(NC(C1CC1)C(F)(F)F)c1ccc(N2CCOC2=O)cc1. The van der Waals surface area contributed by atoms with Crippen molar-refractivity contribution in [1.82, 2.24) is 5.32 Å². The van der Waals surface area contributed by atoms with Gasteiger partial charge in [-0.2, -0.15) is 13.2 Å². The van der Waals surface area contributed by atoms with E-state index in [0.29, 0.717) is 25.1 Å². The van der Waals surface area contributed by atoms with Crippen LogP contribution in [0.3, 0.4) is 0 Å². The molecule has 1 unspecified atom stereocenters. The van der Waals surface area contributed by atoms with Crippen LogP contribution in [0, 0.1) is 5.92 Å². The van der Waals surface area contributed by atoms with Gasteiger partial charge in [-0.1, -0.05) is 0 Å². The van der Waals surface area contributed by atoms with Gasteiger partial charge < -0.3 is 10.1 Å². The first kappa shape index (κ1) is 15.6. The molecule has 0 spiro atoms. The average molecular weight is 328 g/mol. The van der Waals surface area contributed by atoms with Crippen LogP contribution in [0.2, 0.25) is 0 Å². The van der Waals surface area contributed by atoms with E-state index in [9.17, 15) is 22.8 Å². The Morgan fingerprint density at radius 3 is 2.39 bits per heavy atom. The Hall–Kier alpha value is -2.25. The first-order chi connectivity index (χ1) is 10.9. The molecule has 5 nitrogen and oxygen atoms in total. The molecular formula is C15H15F3N2O3. The van der Waals surface area contributed by atoms with Crippen LogP contribution in [0.1, 0.15) is 23.2 Å². The fourth-order valence-corrected chi connectivity index (χ4v) is 2.54. The number of nitrogens with one attached hydrogen (secondary N) is 1. The minimum absolute atomic E-state index is 0.121. The molecule has 2 amide bonds. The molecule has 1 heterocycles. The number of amides is 2. The van der Waals surface area contributed by atoms with Gasteiger partial charge in [-0.25, -0.2) is 4.79 Å². The van der Waals surface area contributed by atoms with E-state index < -0.39 is 30.1 Å². The van der Waals surface area contributed by atoms with E-state index in [-0.39, 0.29) is 12.2 Å². The minimum Gasteiger partial charge on any atom is -0.447 e. The van der Waals surface area contributed by atoms with E-state index in [1.165, 1.54) is 29.2 Å². The number of benzene rings is 1. The number of ether oxygens (including phenoxy) is 1. The lowest BCUT2D eigenvalue weighted by Crippen LogP contribution is -2.46. The third kappa shape index (κ3) is 3.40. The maximum Gasteiger partial charge on any atom is 0.414 e. The fourth-order valence-electron chi connectivity index (χ4n) is 2.54. The Morgan fingerprint density at radius 1 is 1.26 bits per heavy atom. The predicted octanol–water partition coefficient (Wildman–Crippen LogP) is 2.71. The molecule has 0 radical (unpaired) electrons. The highest BCUT2D eigenvalue weighted by Gasteiger charge is 2.49. The summed E-state index contributed by atoms with van der Waals surface area (Å²) in [6.45, 7) is 0.692. The van der Waals surface area contributed by atoms with Gasteiger partial charge in [-0.05, 0) is 43.0 Å². The zero-order chi connectivity index (χ0) is 16.6. The van der Waals surface area contributed by atoms with Gasteiger partial charge in [-0.15, -0.1) is 0 Å². The predicted molar refractivity (Wildman–Crippen MR) is 75.2 cm³/mol. The summed E-state index contributed by atoms with van der Waals surface area (Å²) >= 11 is 0. The summed E-state index contributed by atoms with van der Waals surface area (Å²) in [6, 6.07) is 4.03. The highest BCUT2D eigenvalue weighted by Crippen LogP contribution is 2.40. The van der Waals surface area contributed by atoms with Crippen LogP contribution in [0.25, 0.3) is 0 Å². The molecule has 1 aliphatic heterocycles. The lowest BCUT2D eigenvalue weighted by Gasteiger charge is -2.21. The highest BCUT2D eigenvalue weighted by molar-refractivity contribution is 5.96. The van der Waals surface area contributed by atoms with Crippen molar-refractivity contribution in [1.29, 1.82) is 0 Å². The van der Waals surface area contributed by atoms with E-state index in [1.54, 1.807) is 0 Å². The summed E-state index contributed by atoms with van der Waals surface area (Å²) in [5.74, 6) is -1.30. The van der Waals surface area contributed by atoms with Crippen LogP contribution < -0.4 is 10.2 Å². The van der Waals surface area contributed by atoms with Crippen molar-refractivity contribution in [2.45, 2.75) is 25.1 Å². The quantitative estimate of drug-likeness (QED) is 0.924. The molecule has 1 aromatic carbocycles. The second kappa shape index (κ2) is 5.75. The number of anilines is 1. The number of alkyl halides is 3. The third-order valence-electron chi connectivity index (χ3n) is 3.93. The number of hydrogen-bond donors (Lipinski definition) is 1. The molecule has 1 N–H and O–H groups in total. The second-order valence-corrected chi connectivity index (χ2v) is 5.64. The van der Waals surface area contributed by atoms with E-state index in [2.05, 4.69) is 5.32 Å². The molecule has 2 fully saturated rings. The molecule has 1 atom stereocenters. The van der Waals surface area contributed by atoms with Gasteiger partial charge in [0.2, 0.25) is 0 Å². The molecule has 1 aromatic rings. The van der Waals surface area contributed by atoms with Gasteiger partial charge in [-0.3, -0.25) is 9.69 Å². The van der Waals surface area contributed by atoms with Crippen molar-refractivity contribution in [3.8, 4) is 0 Å². The molecule has 1 aliphatic carbocycles. The standard InChI is InChI=1S/C15H15F3N2O3/c16-15(17,18)12(9-1-2-9)19-13(21)10-3-5-11(6-4-10)20-7-8-23-14(20)22/h3-6,9,12H,1-2,7-8H2,(H,19,21). The average Bonchev–Trinajstić information content (AvgIpc) is 3.24. The molecule has 124 valence electrons. The molecule has 8 heteroatoms. The Labute approximate surface area is 130 Å². The summed E-state index contributed by atoms with van der Waals surface area (Å²) in [4.78, 5) is 24.8. The van der Waals surface area contributed by atoms with E-state index in [1.807, 2.05) is 0 Å². The van der Waals surface area contributed by atoms with Crippen LogP contribution in [0.15, 0.2) is 24.3 Å². The van der Waals surface area contributed by atoms with E-state index in [4.69, 9.17) is 4.74 Å². The number of carbonyl (C=O) groups is 2. The molecule has 23 heavy (non-hydrogen) atoms. The first-order valence-corrected chi connectivity index (χ1v) is 7.28. The normalized spacial score (nSPS) is 19.4. The molecule has 2 aliphatic rings.